The maximum atomic E-state index is 13.5. The fraction of sp³-hybridized carbons (Fsp3) is 0.841. The van der Waals surface area contributed by atoms with Crippen molar-refractivity contribution in [3.05, 3.63) is 48.6 Å². The Morgan fingerprint density at radius 3 is 1.29 bits per heavy atom. The lowest BCUT2D eigenvalue weighted by Crippen LogP contribution is -2.47. The number of unbranched alkanes of at least 4 members (excludes halogenated alkanes) is 34. The summed E-state index contributed by atoms with van der Waals surface area (Å²) in [6.45, 7) is 6.82. The lowest BCUT2D eigenvalue weighted by atomic mass is 10.0. The number of rotatable bonds is 56. The van der Waals surface area contributed by atoms with Gasteiger partial charge in [-0.2, -0.15) is 0 Å². The van der Waals surface area contributed by atoms with Crippen LogP contribution in [0.5, 0.6) is 0 Å². The Morgan fingerprint density at radius 2 is 0.836 bits per heavy atom. The second-order valence-corrected chi connectivity index (χ2v) is 23.6. The Balaban J connectivity index is 5.29. The molecule has 0 fully saturated rings. The van der Waals surface area contributed by atoms with Gasteiger partial charge in [-0.25, -0.2) is 0 Å². The van der Waals surface area contributed by atoms with Gasteiger partial charge in [0.1, 0.15) is 19.3 Å². The van der Waals surface area contributed by atoms with E-state index < -0.39 is 20.0 Å². The Labute approximate surface area is 452 Å². The standard InChI is InChI=1S/C63H119N2O7P/c1-7-10-13-16-19-22-25-28-30-31-32-33-35-37-40-43-46-49-52-55-62(66)64-60(59-71-73(68,69)70-58-57-65(4,5)6)61(54-51-48-45-42-39-36-27-24-21-18-15-12-9-3)72-63(67)56-53-50-47-44-41-38-34-29-26-23-20-17-14-11-8-2/h19,22-23,26,28,30,51,54,60-61H,7-18,20-21,24-25,27,29,31-50,52-53,55-59H2,1-6H3,(H-,64,66,68,69)/b22-19-,26-23-,30-28-,54-51-. The van der Waals surface area contributed by atoms with Gasteiger partial charge in [0.15, 0.2) is 0 Å². The Hall–Kier alpha value is -2.03. The summed E-state index contributed by atoms with van der Waals surface area (Å²) >= 11 is 0. The monoisotopic (exact) mass is 1050 g/mol. The van der Waals surface area contributed by atoms with E-state index in [-0.39, 0.29) is 31.5 Å². The number of allylic oxidation sites excluding steroid dienone is 7. The summed E-state index contributed by atoms with van der Waals surface area (Å²) in [5.74, 6) is -0.543. The fourth-order valence-corrected chi connectivity index (χ4v) is 9.62. The zero-order valence-electron chi connectivity index (χ0n) is 48.8. The number of ether oxygens (including phenoxy) is 1. The average Bonchev–Trinajstić information content (AvgIpc) is 3.35. The van der Waals surface area contributed by atoms with Gasteiger partial charge in [-0.05, 0) is 89.5 Å². The van der Waals surface area contributed by atoms with E-state index in [1.54, 1.807) is 0 Å². The molecule has 1 N–H and O–H groups in total. The van der Waals surface area contributed by atoms with Gasteiger partial charge in [0.05, 0.1) is 33.8 Å². The fourth-order valence-electron chi connectivity index (χ4n) is 8.90. The van der Waals surface area contributed by atoms with Crippen molar-refractivity contribution in [3.63, 3.8) is 0 Å². The number of amides is 1. The molecule has 3 atom stereocenters. The first kappa shape index (κ1) is 71.0. The third kappa shape index (κ3) is 54.6. The molecule has 0 saturated carbocycles. The normalized spacial score (nSPS) is 14.0. The molecule has 73 heavy (non-hydrogen) atoms. The number of nitrogens with zero attached hydrogens (tertiary/aromatic N) is 1. The molecule has 0 bridgehead atoms. The van der Waals surface area contributed by atoms with E-state index in [2.05, 4.69) is 62.5 Å². The van der Waals surface area contributed by atoms with Crippen molar-refractivity contribution in [2.24, 2.45) is 0 Å². The van der Waals surface area contributed by atoms with Crippen LogP contribution in [0.15, 0.2) is 48.6 Å². The summed E-state index contributed by atoms with van der Waals surface area (Å²) < 4.78 is 30.3. The first-order chi connectivity index (χ1) is 35.4. The number of phosphoric acid groups is 1. The van der Waals surface area contributed by atoms with Crippen LogP contribution in [0.1, 0.15) is 290 Å². The molecule has 0 aromatic carbocycles. The van der Waals surface area contributed by atoms with Crippen molar-refractivity contribution < 1.29 is 37.3 Å². The molecule has 0 rings (SSSR count). The summed E-state index contributed by atoms with van der Waals surface area (Å²) in [6, 6.07) is -0.891. The topological polar surface area (TPSA) is 114 Å². The maximum Gasteiger partial charge on any atom is 0.306 e. The highest BCUT2D eigenvalue weighted by Crippen LogP contribution is 2.38. The molecule has 428 valence electrons. The minimum atomic E-state index is -4.70. The van der Waals surface area contributed by atoms with E-state index in [0.29, 0.717) is 17.4 Å². The number of carbonyl (C=O) groups excluding carboxylic acids is 2. The van der Waals surface area contributed by atoms with Gasteiger partial charge in [-0.1, -0.05) is 237 Å². The van der Waals surface area contributed by atoms with Crippen LogP contribution < -0.4 is 10.2 Å². The zero-order valence-corrected chi connectivity index (χ0v) is 49.7. The molecule has 3 unspecified atom stereocenters. The largest absolute Gasteiger partial charge is 0.756 e. The molecule has 1 amide bonds. The Bertz CT molecular complexity index is 1390. The lowest BCUT2D eigenvalue weighted by Gasteiger charge is -2.30. The summed E-state index contributed by atoms with van der Waals surface area (Å²) in [4.78, 5) is 40.0. The van der Waals surface area contributed by atoms with E-state index in [9.17, 15) is 19.0 Å². The predicted octanol–water partition coefficient (Wildman–Crippen LogP) is 18.3. The zero-order chi connectivity index (χ0) is 53.6. The van der Waals surface area contributed by atoms with Crippen LogP contribution in [0.25, 0.3) is 0 Å². The van der Waals surface area contributed by atoms with Crippen LogP contribution >= 0.6 is 7.82 Å². The third-order valence-electron chi connectivity index (χ3n) is 13.7. The molecular weight excluding hydrogens is 928 g/mol. The summed E-state index contributed by atoms with van der Waals surface area (Å²) in [5.41, 5.74) is 0. The number of carbonyl (C=O) groups is 2. The van der Waals surface area contributed by atoms with Crippen molar-refractivity contribution in [2.75, 3.05) is 40.9 Å². The summed E-state index contributed by atoms with van der Waals surface area (Å²) in [6.07, 6.45) is 64.9. The van der Waals surface area contributed by atoms with Crippen LogP contribution in [0.3, 0.4) is 0 Å². The Morgan fingerprint density at radius 1 is 0.479 bits per heavy atom. The molecular formula is C63H119N2O7P. The molecule has 10 heteroatoms. The molecule has 9 nitrogen and oxygen atoms in total. The van der Waals surface area contributed by atoms with E-state index in [4.69, 9.17) is 13.8 Å². The minimum absolute atomic E-state index is 0.0235. The van der Waals surface area contributed by atoms with Crippen molar-refractivity contribution in [3.8, 4) is 0 Å². The van der Waals surface area contributed by atoms with E-state index >= 15 is 0 Å². The first-order valence-electron chi connectivity index (χ1n) is 30.9. The number of nitrogens with one attached hydrogen (secondary N) is 1. The number of hydrogen-bond acceptors (Lipinski definition) is 7. The van der Waals surface area contributed by atoms with Crippen LogP contribution in [0.4, 0.5) is 0 Å². The number of phosphoric ester groups is 1. The summed E-state index contributed by atoms with van der Waals surface area (Å²) in [7, 11) is 1.18. The second-order valence-electron chi connectivity index (χ2n) is 22.2. The van der Waals surface area contributed by atoms with Gasteiger partial charge >= 0.3 is 5.97 Å². The second kappa shape index (κ2) is 53.4. The van der Waals surface area contributed by atoms with Crippen LogP contribution in [0.2, 0.25) is 0 Å². The van der Waals surface area contributed by atoms with E-state index in [1.165, 1.54) is 167 Å². The molecule has 0 radical (unpaired) electrons. The lowest BCUT2D eigenvalue weighted by molar-refractivity contribution is -0.870. The SMILES string of the molecule is CCCCC/C=C\C/C=C\CCCCCCCCCCCC(=O)NC(COP(=O)([O-])OCC[N+](C)(C)C)C(/C=C\CCCCCCCCCCCCC)OC(=O)CCCCCCCCC/C=C\CCCCCC. The van der Waals surface area contributed by atoms with Crippen molar-refractivity contribution >= 4 is 19.7 Å². The molecule has 0 aromatic heterocycles. The molecule has 0 saturated heterocycles. The van der Waals surface area contributed by atoms with E-state index in [1.807, 2.05) is 33.3 Å². The quantitative estimate of drug-likeness (QED) is 0.0212. The van der Waals surface area contributed by atoms with Gasteiger partial charge in [0.2, 0.25) is 5.91 Å². The van der Waals surface area contributed by atoms with Crippen molar-refractivity contribution in [1.29, 1.82) is 0 Å². The van der Waals surface area contributed by atoms with Crippen LogP contribution in [0, 0.1) is 0 Å². The highest BCUT2D eigenvalue weighted by atomic mass is 31.2. The molecule has 0 aliphatic rings. The van der Waals surface area contributed by atoms with Crippen LogP contribution in [-0.4, -0.2) is 69.4 Å². The molecule has 0 heterocycles. The van der Waals surface area contributed by atoms with Crippen molar-refractivity contribution in [1.82, 2.24) is 5.32 Å². The predicted molar refractivity (Wildman–Crippen MR) is 312 cm³/mol. The average molecular weight is 1050 g/mol. The van der Waals surface area contributed by atoms with Gasteiger partial charge in [-0.3, -0.25) is 14.2 Å². The summed E-state index contributed by atoms with van der Waals surface area (Å²) in [5, 5.41) is 3.03. The number of hydrogen-bond donors (Lipinski definition) is 1. The number of likely N-dealkylation sites (N-methyl/N-ethyl adjacent to an activating group) is 1. The highest BCUT2D eigenvalue weighted by Gasteiger charge is 2.27. The number of esters is 1. The molecule has 0 aliphatic heterocycles. The van der Waals surface area contributed by atoms with Gasteiger partial charge < -0.3 is 28.5 Å². The van der Waals surface area contributed by atoms with Crippen molar-refractivity contribution in [2.45, 2.75) is 303 Å². The molecule has 0 aliphatic carbocycles. The molecule has 0 aromatic rings. The highest BCUT2D eigenvalue weighted by molar-refractivity contribution is 7.45. The van der Waals surface area contributed by atoms with E-state index in [0.717, 1.165) is 89.9 Å². The Kier molecular flexibility index (Phi) is 51.9. The third-order valence-corrected chi connectivity index (χ3v) is 14.7. The maximum absolute atomic E-state index is 13.5. The smallest absolute Gasteiger partial charge is 0.306 e. The van der Waals surface area contributed by atoms with Gasteiger partial charge in [0.25, 0.3) is 7.82 Å². The van der Waals surface area contributed by atoms with Gasteiger partial charge in [-0.15, -0.1) is 0 Å². The minimum Gasteiger partial charge on any atom is -0.756 e. The van der Waals surface area contributed by atoms with Gasteiger partial charge in [0, 0.05) is 12.8 Å². The first-order valence-corrected chi connectivity index (χ1v) is 32.4. The van der Waals surface area contributed by atoms with Crippen LogP contribution in [-0.2, 0) is 27.9 Å². The molecule has 0 spiro atoms. The number of quaternary nitrogens is 1.